The molecule has 0 aliphatic carbocycles. The van der Waals surface area contributed by atoms with Crippen molar-refractivity contribution >= 4 is 25.2 Å². The Morgan fingerprint density at radius 1 is 1.27 bits per heavy atom. The van der Waals surface area contributed by atoms with Gasteiger partial charge in [0, 0.05) is 5.02 Å². The molecule has 0 saturated heterocycles. The van der Waals surface area contributed by atoms with Gasteiger partial charge in [0.25, 0.3) is 0 Å². The zero-order valence-corrected chi connectivity index (χ0v) is 6.62. The molecule has 55 valence electrons. The number of hydrogen-bond donors (Lipinski definition) is 1. The SMILES string of the molecule is O[B]/C=C/c1ccc(Cl)cc1. The lowest BCUT2D eigenvalue weighted by atomic mass is 10.0. The maximum Gasteiger partial charge on any atom is 0.318 e. The van der Waals surface area contributed by atoms with Crippen molar-refractivity contribution in [1.82, 2.24) is 0 Å². The predicted octanol–water partition coefficient (Wildman–Crippen LogP) is 1.92. The Labute approximate surface area is 71.6 Å². The average molecular weight is 165 g/mol. The molecular formula is C8H7BClO. The molecule has 0 heterocycles. The lowest BCUT2D eigenvalue weighted by Crippen LogP contribution is -1.77. The molecule has 0 atom stereocenters. The second-order valence-corrected chi connectivity index (χ2v) is 2.50. The van der Waals surface area contributed by atoms with E-state index in [4.69, 9.17) is 16.6 Å². The van der Waals surface area contributed by atoms with E-state index >= 15 is 0 Å². The van der Waals surface area contributed by atoms with Gasteiger partial charge in [-0.05, 0) is 17.7 Å². The summed E-state index contributed by atoms with van der Waals surface area (Å²) in [5.74, 6) is 1.56. The molecule has 1 aromatic rings. The van der Waals surface area contributed by atoms with Crippen LogP contribution in [0.1, 0.15) is 5.56 Å². The van der Waals surface area contributed by atoms with Crippen molar-refractivity contribution in [2.75, 3.05) is 0 Å². The molecule has 0 saturated carbocycles. The smallest absolute Gasteiger partial charge is 0.318 e. The summed E-state index contributed by atoms with van der Waals surface area (Å²) in [6.45, 7) is 0. The Morgan fingerprint density at radius 2 is 1.91 bits per heavy atom. The molecule has 0 aliphatic heterocycles. The van der Waals surface area contributed by atoms with Crippen LogP contribution in [0.2, 0.25) is 5.02 Å². The molecule has 0 aromatic heterocycles. The van der Waals surface area contributed by atoms with Crippen molar-refractivity contribution < 1.29 is 5.02 Å². The number of benzene rings is 1. The van der Waals surface area contributed by atoms with E-state index in [9.17, 15) is 0 Å². The highest BCUT2D eigenvalue weighted by Gasteiger charge is 1.86. The van der Waals surface area contributed by atoms with Crippen LogP contribution >= 0.6 is 11.6 Å². The van der Waals surface area contributed by atoms with E-state index in [-0.39, 0.29) is 0 Å². The highest BCUT2D eigenvalue weighted by molar-refractivity contribution is 6.34. The van der Waals surface area contributed by atoms with Gasteiger partial charge in [-0.3, -0.25) is 0 Å². The maximum atomic E-state index is 8.34. The summed E-state index contributed by atoms with van der Waals surface area (Å²) in [6, 6.07) is 7.36. The summed E-state index contributed by atoms with van der Waals surface area (Å²) in [5, 5.41) is 9.06. The van der Waals surface area contributed by atoms with Crippen LogP contribution in [0.4, 0.5) is 0 Å². The quantitative estimate of drug-likeness (QED) is 0.664. The van der Waals surface area contributed by atoms with Gasteiger partial charge in [-0.15, -0.1) is 0 Å². The van der Waals surface area contributed by atoms with Gasteiger partial charge in [-0.1, -0.05) is 35.8 Å². The van der Waals surface area contributed by atoms with Gasteiger partial charge in [-0.2, -0.15) is 0 Å². The topological polar surface area (TPSA) is 20.2 Å². The molecule has 0 spiro atoms. The average Bonchev–Trinajstić information content (AvgIpc) is 2.04. The highest BCUT2D eigenvalue weighted by atomic mass is 35.5. The summed E-state index contributed by atoms with van der Waals surface area (Å²) in [7, 11) is 0.995. The molecule has 0 aliphatic rings. The van der Waals surface area contributed by atoms with Crippen molar-refractivity contribution in [2.24, 2.45) is 0 Å². The Kier molecular flexibility index (Phi) is 3.21. The molecule has 0 amide bonds. The maximum absolute atomic E-state index is 8.34. The zero-order valence-electron chi connectivity index (χ0n) is 5.87. The molecule has 1 N–H and O–H groups in total. The van der Waals surface area contributed by atoms with Gasteiger partial charge < -0.3 is 5.02 Å². The second-order valence-electron chi connectivity index (χ2n) is 2.06. The normalized spacial score (nSPS) is 10.4. The summed E-state index contributed by atoms with van der Waals surface area (Å²) >= 11 is 5.66. The lowest BCUT2D eigenvalue weighted by Gasteiger charge is -1.91. The van der Waals surface area contributed by atoms with E-state index in [0.29, 0.717) is 0 Å². The first-order chi connectivity index (χ1) is 5.33. The second kappa shape index (κ2) is 4.22. The fourth-order valence-corrected chi connectivity index (χ4v) is 0.854. The minimum absolute atomic E-state index is 0.718. The van der Waals surface area contributed by atoms with Gasteiger partial charge in [0.05, 0.1) is 0 Å². The molecule has 11 heavy (non-hydrogen) atoms. The Morgan fingerprint density at radius 3 is 2.45 bits per heavy atom. The van der Waals surface area contributed by atoms with E-state index in [0.717, 1.165) is 18.1 Å². The highest BCUT2D eigenvalue weighted by Crippen LogP contribution is 2.10. The van der Waals surface area contributed by atoms with Gasteiger partial charge in [0.2, 0.25) is 0 Å². The van der Waals surface area contributed by atoms with Crippen molar-refractivity contribution in [3.63, 3.8) is 0 Å². The molecule has 1 nitrogen and oxygen atoms in total. The zero-order chi connectivity index (χ0) is 8.10. The van der Waals surface area contributed by atoms with E-state index < -0.39 is 0 Å². The van der Waals surface area contributed by atoms with Crippen molar-refractivity contribution in [3.8, 4) is 0 Å². The molecule has 1 rings (SSSR count). The summed E-state index contributed by atoms with van der Waals surface area (Å²) < 4.78 is 0. The third-order valence-corrected chi connectivity index (χ3v) is 1.50. The molecule has 3 heteroatoms. The van der Waals surface area contributed by atoms with Crippen LogP contribution in [0, 0.1) is 0 Å². The molecular weight excluding hydrogens is 158 g/mol. The minimum atomic E-state index is 0.718. The third kappa shape index (κ3) is 2.79. The van der Waals surface area contributed by atoms with Gasteiger partial charge in [0.15, 0.2) is 0 Å². The first kappa shape index (κ1) is 8.37. The van der Waals surface area contributed by atoms with Crippen LogP contribution in [0.15, 0.2) is 30.2 Å². The summed E-state index contributed by atoms with van der Waals surface area (Å²) in [4.78, 5) is 0. The van der Waals surface area contributed by atoms with Crippen molar-refractivity contribution in [2.45, 2.75) is 0 Å². The molecule has 0 unspecified atom stereocenters. The number of rotatable bonds is 2. The van der Waals surface area contributed by atoms with Crippen LogP contribution < -0.4 is 0 Å². The van der Waals surface area contributed by atoms with Crippen LogP contribution in [0.5, 0.6) is 0 Å². The minimum Gasteiger partial charge on any atom is -0.450 e. The Bertz CT molecular complexity index is 243. The van der Waals surface area contributed by atoms with Crippen LogP contribution in [0.3, 0.4) is 0 Å². The first-order valence-electron chi connectivity index (χ1n) is 3.22. The number of halogens is 1. The first-order valence-corrected chi connectivity index (χ1v) is 3.60. The Balaban J connectivity index is 2.73. The summed E-state index contributed by atoms with van der Waals surface area (Å²) in [6.07, 6.45) is 1.79. The monoisotopic (exact) mass is 165 g/mol. The standard InChI is InChI=1S/C8H7BClO/c10-8-3-1-7(2-4-8)5-6-9-11/h1-6,11H/b6-5+. The van der Waals surface area contributed by atoms with E-state index in [1.807, 2.05) is 12.1 Å². The predicted molar refractivity (Wildman–Crippen MR) is 48.5 cm³/mol. The van der Waals surface area contributed by atoms with Gasteiger partial charge in [-0.25, -0.2) is 0 Å². The van der Waals surface area contributed by atoms with Gasteiger partial charge in [0.1, 0.15) is 0 Å². The lowest BCUT2D eigenvalue weighted by molar-refractivity contribution is 0.615. The third-order valence-electron chi connectivity index (χ3n) is 1.24. The molecule has 0 bridgehead atoms. The van der Waals surface area contributed by atoms with E-state index in [1.54, 1.807) is 24.2 Å². The van der Waals surface area contributed by atoms with E-state index in [1.165, 1.54) is 0 Å². The molecule has 1 radical (unpaired) electrons. The van der Waals surface area contributed by atoms with Gasteiger partial charge >= 0.3 is 7.48 Å². The largest absolute Gasteiger partial charge is 0.450 e. The summed E-state index contributed by atoms with van der Waals surface area (Å²) in [5.41, 5.74) is 1.01. The van der Waals surface area contributed by atoms with Crippen LogP contribution in [-0.2, 0) is 0 Å². The van der Waals surface area contributed by atoms with Crippen LogP contribution in [-0.4, -0.2) is 12.5 Å². The number of hydrogen-bond acceptors (Lipinski definition) is 1. The van der Waals surface area contributed by atoms with Crippen molar-refractivity contribution in [1.29, 1.82) is 0 Å². The van der Waals surface area contributed by atoms with E-state index in [2.05, 4.69) is 0 Å². The van der Waals surface area contributed by atoms with Crippen molar-refractivity contribution in [3.05, 3.63) is 40.8 Å². The fraction of sp³-hybridized carbons (Fsp3) is 0. The van der Waals surface area contributed by atoms with Crippen LogP contribution in [0.25, 0.3) is 6.08 Å². The molecule has 1 aromatic carbocycles. The Hall–Kier alpha value is -0.725. The fourth-order valence-electron chi connectivity index (χ4n) is 0.728. The molecule has 0 fully saturated rings.